The standard InChI is InChI=1S/C10H10N4O2S/c11-8(15)4-6-17-10-14-13-9(16-10)7-3-1-2-5-12-7/h1-3,5H,4,6H2,(H2,11,15). The van der Waals surface area contributed by atoms with E-state index in [9.17, 15) is 4.79 Å². The third-order valence-electron chi connectivity index (χ3n) is 1.86. The first kappa shape index (κ1) is 11.6. The zero-order valence-corrected chi connectivity index (χ0v) is 9.68. The highest BCUT2D eigenvalue weighted by Gasteiger charge is 2.09. The van der Waals surface area contributed by atoms with E-state index in [0.717, 1.165) is 0 Å². The van der Waals surface area contributed by atoms with Gasteiger partial charge < -0.3 is 10.2 Å². The molecule has 1 amide bonds. The summed E-state index contributed by atoms with van der Waals surface area (Å²) >= 11 is 1.30. The Morgan fingerprint density at radius 2 is 2.29 bits per heavy atom. The minimum atomic E-state index is -0.345. The number of hydrogen-bond donors (Lipinski definition) is 1. The van der Waals surface area contributed by atoms with Crippen LogP contribution in [0.1, 0.15) is 6.42 Å². The van der Waals surface area contributed by atoms with Gasteiger partial charge in [-0.2, -0.15) is 0 Å². The molecule has 0 aliphatic carbocycles. The number of nitrogens with two attached hydrogens (primary N) is 1. The van der Waals surface area contributed by atoms with Gasteiger partial charge in [-0.05, 0) is 12.1 Å². The highest BCUT2D eigenvalue weighted by molar-refractivity contribution is 7.99. The van der Waals surface area contributed by atoms with Crippen LogP contribution < -0.4 is 5.73 Å². The van der Waals surface area contributed by atoms with E-state index in [0.29, 0.717) is 22.6 Å². The lowest BCUT2D eigenvalue weighted by atomic mass is 10.3. The first-order chi connectivity index (χ1) is 8.25. The van der Waals surface area contributed by atoms with E-state index in [1.54, 1.807) is 12.3 Å². The van der Waals surface area contributed by atoms with Gasteiger partial charge in [0.1, 0.15) is 5.69 Å². The summed E-state index contributed by atoms with van der Waals surface area (Å²) in [6, 6.07) is 5.43. The Hall–Kier alpha value is -1.89. The lowest BCUT2D eigenvalue weighted by molar-refractivity contribution is -0.117. The van der Waals surface area contributed by atoms with Gasteiger partial charge in [-0.25, -0.2) is 0 Å². The quantitative estimate of drug-likeness (QED) is 0.798. The number of hydrogen-bond acceptors (Lipinski definition) is 6. The van der Waals surface area contributed by atoms with Crippen LogP contribution in [0.4, 0.5) is 0 Å². The Morgan fingerprint density at radius 3 is 3.00 bits per heavy atom. The second kappa shape index (κ2) is 5.44. The molecule has 0 saturated heterocycles. The minimum absolute atomic E-state index is 0.284. The third-order valence-corrected chi connectivity index (χ3v) is 2.68. The Bertz CT molecular complexity index is 500. The monoisotopic (exact) mass is 250 g/mol. The summed E-state index contributed by atoms with van der Waals surface area (Å²) in [5, 5.41) is 8.12. The van der Waals surface area contributed by atoms with Crippen molar-refractivity contribution in [1.82, 2.24) is 15.2 Å². The number of rotatable bonds is 5. The van der Waals surface area contributed by atoms with Crippen LogP contribution in [0, 0.1) is 0 Å². The largest absolute Gasteiger partial charge is 0.410 e. The molecule has 0 atom stereocenters. The van der Waals surface area contributed by atoms with Crippen molar-refractivity contribution < 1.29 is 9.21 Å². The number of aromatic nitrogens is 3. The average molecular weight is 250 g/mol. The summed E-state index contributed by atoms with van der Waals surface area (Å²) in [6.07, 6.45) is 1.94. The van der Waals surface area contributed by atoms with Crippen LogP contribution in [0.3, 0.4) is 0 Å². The molecule has 0 saturated carbocycles. The van der Waals surface area contributed by atoms with Gasteiger partial charge in [-0.1, -0.05) is 17.8 Å². The van der Waals surface area contributed by atoms with Gasteiger partial charge >= 0.3 is 0 Å². The van der Waals surface area contributed by atoms with E-state index < -0.39 is 0 Å². The first-order valence-corrected chi connectivity index (χ1v) is 5.90. The molecule has 0 aliphatic heterocycles. The molecule has 0 aromatic carbocycles. The molecule has 6 nitrogen and oxygen atoms in total. The molecular weight excluding hydrogens is 240 g/mol. The highest BCUT2D eigenvalue weighted by atomic mass is 32.2. The minimum Gasteiger partial charge on any atom is -0.410 e. The van der Waals surface area contributed by atoms with Crippen molar-refractivity contribution in [2.45, 2.75) is 11.6 Å². The van der Waals surface area contributed by atoms with Crippen molar-refractivity contribution >= 4 is 17.7 Å². The fourth-order valence-corrected chi connectivity index (χ4v) is 1.81. The molecule has 0 aliphatic rings. The Morgan fingerprint density at radius 1 is 1.41 bits per heavy atom. The van der Waals surface area contributed by atoms with Crippen LogP contribution in [0.5, 0.6) is 0 Å². The lowest BCUT2D eigenvalue weighted by Crippen LogP contribution is -2.10. The van der Waals surface area contributed by atoms with Gasteiger partial charge in [0.2, 0.25) is 5.91 Å². The van der Waals surface area contributed by atoms with Crippen molar-refractivity contribution in [3.8, 4) is 11.6 Å². The maximum absolute atomic E-state index is 10.5. The van der Waals surface area contributed by atoms with E-state index in [2.05, 4.69) is 15.2 Å². The number of carbonyl (C=O) groups excluding carboxylic acids is 1. The smallest absolute Gasteiger partial charge is 0.276 e. The summed E-state index contributed by atoms with van der Waals surface area (Å²) in [4.78, 5) is 14.6. The summed E-state index contributed by atoms with van der Waals surface area (Å²) in [6.45, 7) is 0. The predicted octanol–water partition coefficient (Wildman–Crippen LogP) is 1.10. The van der Waals surface area contributed by atoms with Crippen LogP contribution in [0.2, 0.25) is 0 Å². The molecule has 2 aromatic heterocycles. The molecule has 0 fully saturated rings. The molecule has 0 unspecified atom stereocenters. The Kier molecular flexibility index (Phi) is 3.71. The van der Waals surface area contributed by atoms with E-state index >= 15 is 0 Å². The van der Waals surface area contributed by atoms with Crippen LogP contribution >= 0.6 is 11.8 Å². The van der Waals surface area contributed by atoms with E-state index in [1.165, 1.54) is 11.8 Å². The molecule has 2 heterocycles. The second-order valence-corrected chi connectivity index (χ2v) is 4.20. The molecule has 0 spiro atoms. The molecular formula is C10H10N4O2S. The van der Waals surface area contributed by atoms with Gasteiger partial charge in [0.25, 0.3) is 11.1 Å². The SMILES string of the molecule is NC(=O)CCSc1nnc(-c2ccccn2)o1. The van der Waals surface area contributed by atoms with Gasteiger partial charge in [0.05, 0.1) is 0 Å². The average Bonchev–Trinajstić information content (AvgIpc) is 2.78. The summed E-state index contributed by atoms with van der Waals surface area (Å²) in [5.74, 6) is 0.549. The molecule has 2 aromatic rings. The second-order valence-electron chi connectivity index (χ2n) is 3.15. The van der Waals surface area contributed by atoms with Crippen LogP contribution in [-0.4, -0.2) is 26.8 Å². The zero-order valence-electron chi connectivity index (χ0n) is 8.87. The van der Waals surface area contributed by atoms with Gasteiger partial charge in [0, 0.05) is 18.4 Å². The normalized spacial score (nSPS) is 10.4. The topological polar surface area (TPSA) is 94.9 Å². The van der Waals surface area contributed by atoms with Crippen LogP contribution in [-0.2, 0) is 4.79 Å². The van der Waals surface area contributed by atoms with Crippen LogP contribution in [0.15, 0.2) is 34.0 Å². The van der Waals surface area contributed by atoms with E-state index in [4.69, 9.17) is 10.2 Å². The number of nitrogens with zero attached hydrogens (tertiary/aromatic N) is 3. The number of thioether (sulfide) groups is 1. The Labute approximate surface area is 102 Å². The molecule has 88 valence electrons. The number of pyridine rings is 1. The molecule has 7 heteroatoms. The van der Waals surface area contributed by atoms with Crippen molar-refractivity contribution in [2.75, 3.05) is 5.75 Å². The fraction of sp³-hybridized carbons (Fsp3) is 0.200. The van der Waals surface area contributed by atoms with Gasteiger partial charge in [-0.3, -0.25) is 9.78 Å². The molecule has 2 N–H and O–H groups in total. The predicted molar refractivity (Wildman–Crippen MR) is 62.1 cm³/mol. The van der Waals surface area contributed by atoms with Crippen LogP contribution in [0.25, 0.3) is 11.6 Å². The molecule has 17 heavy (non-hydrogen) atoms. The zero-order chi connectivity index (χ0) is 12.1. The molecule has 2 rings (SSSR count). The van der Waals surface area contributed by atoms with Gasteiger partial charge in [-0.15, -0.1) is 10.2 Å². The summed E-state index contributed by atoms with van der Waals surface area (Å²) < 4.78 is 5.38. The van der Waals surface area contributed by atoms with E-state index in [-0.39, 0.29) is 12.3 Å². The first-order valence-electron chi connectivity index (χ1n) is 4.92. The fourth-order valence-electron chi connectivity index (χ4n) is 1.10. The maximum Gasteiger partial charge on any atom is 0.276 e. The lowest BCUT2D eigenvalue weighted by Gasteiger charge is -1.93. The van der Waals surface area contributed by atoms with Crippen molar-refractivity contribution in [2.24, 2.45) is 5.73 Å². The summed E-state index contributed by atoms with van der Waals surface area (Å²) in [7, 11) is 0. The number of carbonyl (C=O) groups is 1. The van der Waals surface area contributed by atoms with Crippen molar-refractivity contribution in [3.05, 3.63) is 24.4 Å². The summed E-state index contributed by atoms with van der Waals surface area (Å²) in [5.41, 5.74) is 5.65. The van der Waals surface area contributed by atoms with Crippen molar-refractivity contribution in [1.29, 1.82) is 0 Å². The number of amides is 1. The third kappa shape index (κ3) is 3.28. The van der Waals surface area contributed by atoms with E-state index in [1.807, 2.05) is 12.1 Å². The molecule has 0 bridgehead atoms. The number of primary amides is 1. The van der Waals surface area contributed by atoms with Gasteiger partial charge in [0.15, 0.2) is 0 Å². The van der Waals surface area contributed by atoms with Crippen molar-refractivity contribution in [3.63, 3.8) is 0 Å². The maximum atomic E-state index is 10.5. The molecule has 0 radical (unpaired) electrons. The highest BCUT2D eigenvalue weighted by Crippen LogP contribution is 2.21. The Balaban J connectivity index is 1.99.